The van der Waals surface area contributed by atoms with Crippen LogP contribution in [0.4, 0.5) is 0 Å². The maximum atomic E-state index is 4.21. The quantitative estimate of drug-likeness (QED) is 0.577. The lowest BCUT2D eigenvalue weighted by Crippen LogP contribution is -2.03. The van der Waals surface area contributed by atoms with E-state index in [0.29, 0.717) is 6.04 Å². The molecule has 1 fully saturated rings. The number of hydrogen-bond donors (Lipinski definition) is 0. The van der Waals surface area contributed by atoms with Crippen molar-refractivity contribution in [2.75, 3.05) is 0 Å². The van der Waals surface area contributed by atoms with E-state index in [9.17, 15) is 0 Å². The fourth-order valence-corrected chi connectivity index (χ4v) is 1.67. The second kappa shape index (κ2) is 2.45. The first-order valence-electron chi connectivity index (χ1n) is 3.96. The van der Waals surface area contributed by atoms with E-state index in [1.165, 1.54) is 25.7 Å². The van der Waals surface area contributed by atoms with Crippen molar-refractivity contribution >= 4 is 0 Å². The van der Waals surface area contributed by atoms with E-state index in [4.69, 9.17) is 0 Å². The molecule has 1 aromatic heterocycles. The molecule has 0 bridgehead atoms. The lowest BCUT2D eigenvalue weighted by molar-refractivity contribution is 0.467. The molecule has 0 aromatic carbocycles. The lowest BCUT2D eigenvalue weighted by Gasteiger charge is -2.07. The number of aromatic nitrogens is 2. The summed E-state index contributed by atoms with van der Waals surface area (Å²) >= 11 is 0. The summed E-state index contributed by atoms with van der Waals surface area (Å²) < 4.78 is 2.09. The first kappa shape index (κ1) is 5.96. The molecule has 0 aliphatic heterocycles. The Morgan fingerprint density at radius 3 is 2.70 bits per heavy atom. The van der Waals surface area contributed by atoms with Crippen LogP contribution in [-0.4, -0.2) is 9.78 Å². The predicted molar refractivity (Wildman–Crippen MR) is 39.7 cm³/mol. The Hall–Kier alpha value is -0.790. The van der Waals surface area contributed by atoms with Crippen LogP contribution in [0, 0.1) is 0 Å². The van der Waals surface area contributed by atoms with Gasteiger partial charge in [0, 0.05) is 12.4 Å². The molecular formula is C8H12N2. The van der Waals surface area contributed by atoms with Crippen molar-refractivity contribution in [2.24, 2.45) is 0 Å². The van der Waals surface area contributed by atoms with Gasteiger partial charge in [-0.25, -0.2) is 0 Å². The van der Waals surface area contributed by atoms with Gasteiger partial charge in [0.15, 0.2) is 0 Å². The van der Waals surface area contributed by atoms with Crippen molar-refractivity contribution in [3.05, 3.63) is 18.5 Å². The van der Waals surface area contributed by atoms with Crippen molar-refractivity contribution < 1.29 is 0 Å². The number of hydrogen-bond acceptors (Lipinski definition) is 1. The SMILES string of the molecule is c1cnn(C2CCCC2)c1. The predicted octanol–water partition coefficient (Wildman–Crippen LogP) is 2.00. The Bertz CT molecular complexity index is 185. The molecule has 1 heterocycles. The Morgan fingerprint density at radius 2 is 2.10 bits per heavy atom. The summed E-state index contributed by atoms with van der Waals surface area (Å²) in [6.07, 6.45) is 9.33. The third kappa shape index (κ3) is 0.939. The molecule has 54 valence electrons. The molecule has 1 saturated carbocycles. The second-order valence-corrected chi connectivity index (χ2v) is 2.92. The lowest BCUT2D eigenvalue weighted by atomic mass is 10.3. The summed E-state index contributed by atoms with van der Waals surface area (Å²) in [5.41, 5.74) is 0. The first-order chi connectivity index (χ1) is 4.97. The normalized spacial score (nSPS) is 20.0. The summed E-state index contributed by atoms with van der Waals surface area (Å²) in [4.78, 5) is 0. The highest BCUT2D eigenvalue weighted by atomic mass is 15.3. The highest BCUT2D eigenvalue weighted by Crippen LogP contribution is 2.28. The molecule has 10 heavy (non-hydrogen) atoms. The zero-order chi connectivity index (χ0) is 6.81. The molecule has 0 atom stereocenters. The van der Waals surface area contributed by atoms with Crippen LogP contribution in [0.15, 0.2) is 18.5 Å². The van der Waals surface area contributed by atoms with Crippen molar-refractivity contribution in [2.45, 2.75) is 31.7 Å². The topological polar surface area (TPSA) is 17.8 Å². The molecule has 2 rings (SSSR count). The van der Waals surface area contributed by atoms with Crippen LogP contribution in [0.3, 0.4) is 0 Å². The first-order valence-corrected chi connectivity index (χ1v) is 3.96. The summed E-state index contributed by atoms with van der Waals surface area (Å²) in [6.45, 7) is 0. The minimum absolute atomic E-state index is 0.704. The molecule has 1 aliphatic rings. The molecule has 0 N–H and O–H groups in total. The van der Waals surface area contributed by atoms with Crippen LogP contribution in [0.2, 0.25) is 0 Å². The van der Waals surface area contributed by atoms with E-state index in [1.54, 1.807) is 0 Å². The highest BCUT2D eigenvalue weighted by Gasteiger charge is 2.15. The van der Waals surface area contributed by atoms with Crippen LogP contribution in [0.25, 0.3) is 0 Å². The Morgan fingerprint density at radius 1 is 1.30 bits per heavy atom. The van der Waals surface area contributed by atoms with Gasteiger partial charge in [-0.05, 0) is 18.9 Å². The van der Waals surface area contributed by atoms with E-state index in [-0.39, 0.29) is 0 Å². The molecule has 0 amide bonds. The molecule has 0 saturated heterocycles. The molecule has 1 aromatic rings. The molecular weight excluding hydrogens is 124 g/mol. The van der Waals surface area contributed by atoms with Gasteiger partial charge in [-0.15, -0.1) is 0 Å². The smallest absolute Gasteiger partial charge is 0.0519 e. The van der Waals surface area contributed by atoms with Crippen LogP contribution in [-0.2, 0) is 0 Å². The average molecular weight is 136 g/mol. The van der Waals surface area contributed by atoms with Gasteiger partial charge in [0.2, 0.25) is 0 Å². The zero-order valence-corrected chi connectivity index (χ0v) is 6.03. The van der Waals surface area contributed by atoms with Crippen LogP contribution in [0.5, 0.6) is 0 Å². The Balaban J connectivity index is 2.12. The van der Waals surface area contributed by atoms with Crippen LogP contribution >= 0.6 is 0 Å². The van der Waals surface area contributed by atoms with E-state index in [2.05, 4.69) is 16.0 Å². The third-order valence-corrected chi connectivity index (χ3v) is 2.22. The summed E-state index contributed by atoms with van der Waals surface area (Å²) in [6, 6.07) is 2.70. The maximum Gasteiger partial charge on any atom is 0.0519 e. The van der Waals surface area contributed by atoms with Gasteiger partial charge in [0.25, 0.3) is 0 Å². The molecule has 2 nitrogen and oxygen atoms in total. The second-order valence-electron chi connectivity index (χ2n) is 2.92. The van der Waals surface area contributed by atoms with Crippen LogP contribution in [0.1, 0.15) is 31.7 Å². The number of rotatable bonds is 1. The van der Waals surface area contributed by atoms with Gasteiger partial charge in [0.05, 0.1) is 6.04 Å². The fraction of sp³-hybridized carbons (Fsp3) is 0.625. The Labute approximate surface area is 60.9 Å². The summed E-state index contributed by atoms with van der Waals surface area (Å²) in [5.74, 6) is 0. The standard InChI is InChI=1S/C8H12N2/c1-2-5-8(4-1)10-7-3-6-9-10/h3,6-8H,1-2,4-5H2. The van der Waals surface area contributed by atoms with Gasteiger partial charge in [-0.1, -0.05) is 12.8 Å². The molecule has 1 aliphatic carbocycles. The average Bonchev–Trinajstić information content (AvgIpc) is 2.59. The van der Waals surface area contributed by atoms with Gasteiger partial charge in [0.1, 0.15) is 0 Å². The van der Waals surface area contributed by atoms with Crippen molar-refractivity contribution in [3.8, 4) is 0 Å². The highest BCUT2D eigenvalue weighted by molar-refractivity contribution is 4.83. The van der Waals surface area contributed by atoms with Crippen molar-refractivity contribution in [1.82, 2.24) is 9.78 Å². The monoisotopic (exact) mass is 136 g/mol. The minimum atomic E-state index is 0.704. The molecule has 0 radical (unpaired) electrons. The van der Waals surface area contributed by atoms with E-state index < -0.39 is 0 Å². The molecule has 0 spiro atoms. The van der Waals surface area contributed by atoms with Crippen molar-refractivity contribution in [1.29, 1.82) is 0 Å². The summed E-state index contributed by atoms with van der Waals surface area (Å²) in [5, 5.41) is 4.21. The minimum Gasteiger partial charge on any atom is -0.270 e. The van der Waals surface area contributed by atoms with E-state index in [0.717, 1.165) is 0 Å². The number of nitrogens with zero attached hydrogens (tertiary/aromatic N) is 2. The van der Waals surface area contributed by atoms with Crippen LogP contribution < -0.4 is 0 Å². The largest absolute Gasteiger partial charge is 0.270 e. The molecule has 2 heteroatoms. The Kier molecular flexibility index (Phi) is 1.46. The zero-order valence-electron chi connectivity index (χ0n) is 6.03. The third-order valence-electron chi connectivity index (χ3n) is 2.22. The molecule has 0 unspecified atom stereocenters. The van der Waals surface area contributed by atoms with E-state index >= 15 is 0 Å². The summed E-state index contributed by atoms with van der Waals surface area (Å²) in [7, 11) is 0. The van der Waals surface area contributed by atoms with E-state index in [1.807, 2.05) is 12.3 Å². The maximum absolute atomic E-state index is 4.21. The van der Waals surface area contributed by atoms with Gasteiger partial charge >= 0.3 is 0 Å². The van der Waals surface area contributed by atoms with Crippen molar-refractivity contribution in [3.63, 3.8) is 0 Å². The van der Waals surface area contributed by atoms with Gasteiger partial charge in [-0.3, -0.25) is 4.68 Å². The van der Waals surface area contributed by atoms with Gasteiger partial charge < -0.3 is 0 Å². The fourth-order valence-electron chi connectivity index (χ4n) is 1.67. The van der Waals surface area contributed by atoms with Gasteiger partial charge in [-0.2, -0.15) is 5.10 Å².